The number of fused-ring (bicyclic) bond motifs is 1. The first-order valence-corrected chi connectivity index (χ1v) is 9.01. The van der Waals surface area contributed by atoms with Crippen LogP contribution in [0.2, 0.25) is 0 Å². The van der Waals surface area contributed by atoms with Gasteiger partial charge < -0.3 is 29.6 Å². The van der Waals surface area contributed by atoms with Crippen LogP contribution >= 0.6 is 0 Å². The highest BCUT2D eigenvalue weighted by Gasteiger charge is 2.20. The highest BCUT2D eigenvalue weighted by Crippen LogP contribution is 2.32. The second-order valence-corrected chi connectivity index (χ2v) is 7.16. The first kappa shape index (κ1) is 21.3. The van der Waals surface area contributed by atoms with Crippen molar-refractivity contribution in [2.75, 3.05) is 25.1 Å². The molecule has 9 nitrogen and oxygen atoms in total. The number of hydrogen-bond donors (Lipinski definition) is 2. The van der Waals surface area contributed by atoms with Crippen LogP contribution in [0.25, 0.3) is 0 Å². The Morgan fingerprint density at radius 3 is 2.50 bits per heavy atom. The Morgan fingerprint density at radius 1 is 1.14 bits per heavy atom. The summed E-state index contributed by atoms with van der Waals surface area (Å²) < 4.78 is 21.0. The zero-order valence-electron chi connectivity index (χ0n) is 16.5. The third-order valence-corrected chi connectivity index (χ3v) is 3.48. The van der Waals surface area contributed by atoms with E-state index in [4.69, 9.17) is 18.9 Å². The van der Waals surface area contributed by atoms with Crippen LogP contribution in [-0.4, -0.2) is 49.4 Å². The molecule has 1 aromatic carbocycles. The molecular weight excluding hydrogens is 368 g/mol. The summed E-state index contributed by atoms with van der Waals surface area (Å²) in [4.78, 5) is 35.5. The van der Waals surface area contributed by atoms with E-state index >= 15 is 0 Å². The minimum atomic E-state index is -0.998. The number of esters is 1. The van der Waals surface area contributed by atoms with Crippen molar-refractivity contribution in [3.63, 3.8) is 0 Å². The van der Waals surface area contributed by atoms with Crippen molar-refractivity contribution in [2.45, 2.75) is 45.8 Å². The summed E-state index contributed by atoms with van der Waals surface area (Å²) in [5.74, 6) is 0.0640. The Kier molecular flexibility index (Phi) is 7.08. The van der Waals surface area contributed by atoms with Crippen LogP contribution in [0.3, 0.4) is 0 Å². The molecule has 0 aromatic heterocycles. The number of rotatable bonds is 6. The van der Waals surface area contributed by atoms with Crippen molar-refractivity contribution in [1.29, 1.82) is 0 Å². The lowest BCUT2D eigenvalue weighted by Crippen LogP contribution is -2.35. The topological polar surface area (TPSA) is 112 Å². The van der Waals surface area contributed by atoms with Crippen LogP contribution in [0.4, 0.5) is 10.5 Å². The van der Waals surface area contributed by atoms with Crippen molar-refractivity contribution < 1.29 is 33.3 Å². The molecule has 0 fully saturated rings. The lowest BCUT2D eigenvalue weighted by Gasteiger charge is -2.20. The molecule has 2 rings (SSSR count). The maximum atomic E-state index is 12.2. The van der Waals surface area contributed by atoms with Crippen LogP contribution in [0.15, 0.2) is 18.2 Å². The molecule has 2 N–H and O–H groups in total. The number of nitrogens with one attached hydrogen (secondary N) is 2. The van der Waals surface area contributed by atoms with Gasteiger partial charge in [-0.1, -0.05) is 0 Å². The van der Waals surface area contributed by atoms with Crippen molar-refractivity contribution >= 4 is 23.7 Å². The molecule has 0 radical (unpaired) electrons. The van der Waals surface area contributed by atoms with Crippen LogP contribution in [0.5, 0.6) is 11.5 Å². The maximum absolute atomic E-state index is 12.2. The fourth-order valence-electron chi connectivity index (χ4n) is 2.26. The third kappa shape index (κ3) is 6.98. The van der Waals surface area contributed by atoms with Gasteiger partial charge in [0, 0.05) is 18.3 Å². The van der Waals surface area contributed by atoms with Crippen LogP contribution < -0.4 is 20.1 Å². The normalized spacial score (nSPS) is 13.9. The maximum Gasteiger partial charge on any atom is 0.407 e. The largest absolute Gasteiger partial charge is 0.486 e. The first-order valence-electron chi connectivity index (χ1n) is 9.01. The van der Waals surface area contributed by atoms with Gasteiger partial charge in [0.25, 0.3) is 5.91 Å². The van der Waals surface area contributed by atoms with Gasteiger partial charge in [-0.3, -0.25) is 9.59 Å². The molecule has 1 atom stereocenters. The fourth-order valence-corrected chi connectivity index (χ4v) is 2.26. The molecule has 0 aliphatic carbocycles. The smallest absolute Gasteiger partial charge is 0.407 e. The average Bonchev–Trinajstić information content (AvgIpc) is 2.60. The third-order valence-electron chi connectivity index (χ3n) is 3.48. The molecule has 1 heterocycles. The number of alkyl carbamates (subject to hydrolysis) is 1. The number of carbonyl (C=O) groups excluding carboxylic acids is 3. The van der Waals surface area contributed by atoms with E-state index in [0.717, 1.165) is 0 Å². The Bertz CT molecular complexity index is 727. The summed E-state index contributed by atoms with van der Waals surface area (Å²) >= 11 is 0. The molecule has 1 aliphatic heterocycles. The Morgan fingerprint density at radius 2 is 1.82 bits per heavy atom. The average molecular weight is 394 g/mol. The van der Waals surface area contributed by atoms with Gasteiger partial charge in [-0.2, -0.15) is 0 Å². The van der Waals surface area contributed by atoms with E-state index < -0.39 is 29.7 Å². The van der Waals surface area contributed by atoms with Gasteiger partial charge in [-0.25, -0.2) is 4.79 Å². The van der Waals surface area contributed by atoms with E-state index in [9.17, 15) is 14.4 Å². The van der Waals surface area contributed by atoms with Gasteiger partial charge in [-0.05, 0) is 39.8 Å². The second kappa shape index (κ2) is 9.29. The Hall–Kier alpha value is -2.97. The fraction of sp³-hybridized carbons (Fsp3) is 0.526. The quantitative estimate of drug-likeness (QED) is 0.712. The predicted octanol–water partition coefficient (Wildman–Crippen LogP) is 2.24. The summed E-state index contributed by atoms with van der Waals surface area (Å²) in [5.41, 5.74) is -0.117. The molecule has 0 saturated carbocycles. The molecule has 9 heteroatoms. The van der Waals surface area contributed by atoms with Gasteiger partial charge in [0.15, 0.2) is 17.6 Å². The van der Waals surface area contributed by atoms with E-state index in [-0.39, 0.29) is 13.0 Å². The standard InChI is InChI=1S/C19H26N2O7/c1-12(27-16(22)7-8-20-18(24)28-19(2,3)4)17(23)21-13-5-6-14-15(11-13)26-10-9-25-14/h5-6,11-12H,7-10H2,1-4H3,(H,20,24)(H,21,23)/t12-/m0/s1. The number of hydrogen-bond acceptors (Lipinski definition) is 7. The SMILES string of the molecule is C[C@H](OC(=O)CCNC(=O)OC(C)(C)C)C(=O)Nc1ccc2c(c1)OCCO2. The van der Waals surface area contributed by atoms with Crippen molar-refractivity contribution in [3.8, 4) is 11.5 Å². The molecule has 1 aliphatic rings. The zero-order valence-corrected chi connectivity index (χ0v) is 16.5. The highest BCUT2D eigenvalue weighted by atomic mass is 16.6. The van der Waals surface area contributed by atoms with Crippen molar-refractivity contribution in [3.05, 3.63) is 18.2 Å². The molecular formula is C19H26N2O7. The molecule has 0 spiro atoms. The molecule has 0 saturated heterocycles. The lowest BCUT2D eigenvalue weighted by molar-refractivity contribution is -0.153. The second-order valence-electron chi connectivity index (χ2n) is 7.16. The van der Waals surface area contributed by atoms with Crippen LogP contribution in [-0.2, 0) is 19.1 Å². The summed E-state index contributed by atoms with van der Waals surface area (Å²) in [6.45, 7) is 7.65. The Balaban J connectivity index is 1.74. The minimum Gasteiger partial charge on any atom is -0.486 e. The van der Waals surface area contributed by atoms with Crippen LogP contribution in [0.1, 0.15) is 34.1 Å². The van der Waals surface area contributed by atoms with Gasteiger partial charge in [0.1, 0.15) is 18.8 Å². The molecule has 2 amide bonds. The van der Waals surface area contributed by atoms with Crippen LogP contribution in [0, 0.1) is 0 Å². The number of amides is 2. The van der Waals surface area contributed by atoms with Crippen molar-refractivity contribution in [2.24, 2.45) is 0 Å². The highest BCUT2D eigenvalue weighted by molar-refractivity contribution is 5.95. The monoisotopic (exact) mass is 394 g/mol. The first-order chi connectivity index (χ1) is 13.1. The summed E-state index contributed by atoms with van der Waals surface area (Å²) in [6, 6.07) is 5.01. The van der Waals surface area contributed by atoms with Gasteiger partial charge in [0.05, 0.1) is 6.42 Å². The summed E-state index contributed by atoms with van der Waals surface area (Å²) in [6.07, 6.45) is -1.70. The van der Waals surface area contributed by atoms with E-state index in [1.54, 1.807) is 39.0 Å². The van der Waals surface area contributed by atoms with E-state index in [1.807, 2.05) is 0 Å². The molecule has 0 unspecified atom stereocenters. The molecule has 1 aromatic rings. The number of anilines is 1. The van der Waals surface area contributed by atoms with E-state index in [1.165, 1.54) is 6.92 Å². The molecule has 154 valence electrons. The number of benzene rings is 1. The Labute approximate surface area is 163 Å². The summed E-state index contributed by atoms with van der Waals surface area (Å²) in [7, 11) is 0. The van der Waals surface area contributed by atoms with E-state index in [0.29, 0.717) is 30.4 Å². The van der Waals surface area contributed by atoms with E-state index in [2.05, 4.69) is 10.6 Å². The zero-order chi connectivity index (χ0) is 20.7. The predicted molar refractivity (Wildman–Crippen MR) is 100 cm³/mol. The van der Waals surface area contributed by atoms with Crippen molar-refractivity contribution in [1.82, 2.24) is 5.32 Å². The lowest BCUT2D eigenvalue weighted by atomic mass is 10.2. The van der Waals surface area contributed by atoms with Gasteiger partial charge in [-0.15, -0.1) is 0 Å². The van der Waals surface area contributed by atoms with Gasteiger partial charge >= 0.3 is 12.1 Å². The number of carbonyl (C=O) groups is 3. The molecule has 28 heavy (non-hydrogen) atoms. The van der Waals surface area contributed by atoms with Gasteiger partial charge in [0.2, 0.25) is 0 Å². The minimum absolute atomic E-state index is 0.0459. The number of ether oxygens (including phenoxy) is 4. The molecule has 0 bridgehead atoms. The summed E-state index contributed by atoms with van der Waals surface area (Å²) in [5, 5.41) is 5.11.